The number of carboxylic acids is 1. The van der Waals surface area contributed by atoms with Gasteiger partial charge in [0.1, 0.15) is 6.04 Å². The van der Waals surface area contributed by atoms with E-state index in [4.69, 9.17) is 5.73 Å². The van der Waals surface area contributed by atoms with Crippen LogP contribution in [-0.4, -0.2) is 44.4 Å². The third-order valence-corrected chi connectivity index (χ3v) is 3.86. The number of hydrogen-bond donors (Lipinski definition) is 3. The van der Waals surface area contributed by atoms with Crippen molar-refractivity contribution in [3.05, 3.63) is 17.7 Å². The van der Waals surface area contributed by atoms with Crippen LogP contribution in [0.1, 0.15) is 31.7 Å². The van der Waals surface area contributed by atoms with Crippen molar-refractivity contribution in [1.82, 2.24) is 14.9 Å². The first-order valence-corrected chi connectivity index (χ1v) is 7.18. The molecule has 0 saturated heterocycles. The molecule has 0 spiro atoms. The Hall–Kier alpha value is -1.89. The smallest absolute Gasteiger partial charge is 0.326 e. The lowest BCUT2D eigenvalue weighted by molar-refractivity contribution is -0.153. The van der Waals surface area contributed by atoms with Crippen molar-refractivity contribution in [2.75, 3.05) is 6.54 Å². The molecule has 1 aromatic rings. The van der Waals surface area contributed by atoms with Crippen LogP contribution in [-0.2, 0) is 22.6 Å². The molecule has 2 rings (SSSR count). The second-order valence-corrected chi connectivity index (χ2v) is 5.91. The number of carbonyl (C=O) groups excluding carboxylic acids is 1. The van der Waals surface area contributed by atoms with Gasteiger partial charge in [0.2, 0.25) is 5.91 Å². The number of nitrogens with one attached hydrogen (secondary N) is 1. The maximum absolute atomic E-state index is 12.7. The van der Waals surface area contributed by atoms with Crippen molar-refractivity contribution in [2.24, 2.45) is 17.6 Å². The molecular formula is C14H22N4O3. The molecular weight excluding hydrogens is 272 g/mol. The number of fused-ring (bicyclic) bond motifs is 1. The van der Waals surface area contributed by atoms with Crippen LogP contribution in [0.25, 0.3) is 0 Å². The molecule has 1 aliphatic rings. The first-order valence-electron chi connectivity index (χ1n) is 7.18. The minimum absolute atomic E-state index is 0.182. The molecule has 21 heavy (non-hydrogen) atoms. The summed E-state index contributed by atoms with van der Waals surface area (Å²) in [5.74, 6) is -1.19. The highest BCUT2D eigenvalue weighted by atomic mass is 16.4. The first kappa shape index (κ1) is 15.5. The Balaban J connectivity index is 2.23. The van der Waals surface area contributed by atoms with Gasteiger partial charge in [-0.2, -0.15) is 0 Å². The van der Waals surface area contributed by atoms with E-state index in [9.17, 15) is 14.7 Å². The Morgan fingerprint density at radius 3 is 2.86 bits per heavy atom. The molecule has 0 aliphatic carbocycles. The molecule has 116 valence electrons. The number of aliphatic carboxylic acids is 1. The maximum Gasteiger partial charge on any atom is 0.326 e. The molecule has 2 atom stereocenters. The molecule has 4 N–H and O–H groups in total. The fourth-order valence-corrected chi connectivity index (χ4v) is 2.79. The zero-order valence-corrected chi connectivity index (χ0v) is 12.4. The van der Waals surface area contributed by atoms with E-state index in [0.29, 0.717) is 12.3 Å². The number of rotatable bonds is 5. The molecule has 0 aromatic carbocycles. The van der Waals surface area contributed by atoms with Crippen LogP contribution in [0.5, 0.6) is 0 Å². The van der Waals surface area contributed by atoms with Crippen molar-refractivity contribution >= 4 is 11.9 Å². The molecule has 1 amide bonds. The van der Waals surface area contributed by atoms with Crippen LogP contribution >= 0.6 is 0 Å². The lowest BCUT2D eigenvalue weighted by Gasteiger charge is -2.35. The third-order valence-electron chi connectivity index (χ3n) is 3.86. The van der Waals surface area contributed by atoms with Gasteiger partial charge >= 0.3 is 5.97 Å². The van der Waals surface area contributed by atoms with Gasteiger partial charge in [-0.1, -0.05) is 13.8 Å². The molecule has 1 aromatic heterocycles. The molecule has 2 unspecified atom stereocenters. The Morgan fingerprint density at radius 1 is 1.57 bits per heavy atom. The number of nitrogens with two attached hydrogens (primary N) is 1. The highest BCUT2D eigenvalue weighted by Crippen LogP contribution is 2.24. The summed E-state index contributed by atoms with van der Waals surface area (Å²) in [5.41, 5.74) is 7.24. The van der Waals surface area contributed by atoms with Gasteiger partial charge in [-0.25, -0.2) is 9.78 Å². The van der Waals surface area contributed by atoms with Crippen molar-refractivity contribution in [3.63, 3.8) is 0 Å². The van der Waals surface area contributed by atoms with Crippen molar-refractivity contribution in [2.45, 2.75) is 39.3 Å². The second kappa shape index (κ2) is 6.26. The zero-order valence-electron chi connectivity index (χ0n) is 12.4. The van der Waals surface area contributed by atoms with Crippen LogP contribution in [0, 0.1) is 11.8 Å². The molecule has 0 saturated carbocycles. The predicted octanol–water partition coefficient (Wildman–Crippen LogP) is 0.369. The summed E-state index contributed by atoms with van der Waals surface area (Å²) in [6, 6.07) is -0.866. The van der Waals surface area contributed by atoms with Crippen LogP contribution in [0.2, 0.25) is 0 Å². The number of imidazole rings is 1. The summed E-state index contributed by atoms with van der Waals surface area (Å²) in [6.45, 7) is 4.52. The van der Waals surface area contributed by atoms with Crippen molar-refractivity contribution < 1.29 is 14.7 Å². The summed E-state index contributed by atoms with van der Waals surface area (Å²) in [4.78, 5) is 32.6. The Morgan fingerprint density at radius 2 is 2.29 bits per heavy atom. The average molecular weight is 294 g/mol. The molecule has 0 radical (unpaired) electrons. The fraction of sp³-hybridized carbons (Fsp3) is 0.643. The number of aromatic nitrogens is 2. The van der Waals surface area contributed by atoms with E-state index >= 15 is 0 Å². The largest absolute Gasteiger partial charge is 0.480 e. The van der Waals surface area contributed by atoms with Crippen LogP contribution in [0.4, 0.5) is 0 Å². The number of carbonyl (C=O) groups is 2. The molecule has 2 heterocycles. The Kier molecular flexibility index (Phi) is 4.62. The van der Waals surface area contributed by atoms with E-state index < -0.39 is 12.0 Å². The van der Waals surface area contributed by atoms with Gasteiger partial charge in [0, 0.05) is 13.0 Å². The lowest BCUT2D eigenvalue weighted by atomic mass is 9.93. The SMILES string of the molecule is CC(C)CC(CN)C(=O)N1Cc2[nH]cnc2CC1C(=O)O. The summed E-state index contributed by atoms with van der Waals surface area (Å²) in [5, 5.41) is 9.39. The topological polar surface area (TPSA) is 112 Å². The number of nitrogens with zero attached hydrogens (tertiary/aromatic N) is 2. The van der Waals surface area contributed by atoms with E-state index in [1.165, 1.54) is 11.2 Å². The lowest BCUT2D eigenvalue weighted by Crippen LogP contribution is -2.51. The quantitative estimate of drug-likeness (QED) is 0.726. The number of H-pyrrole nitrogens is 1. The van der Waals surface area contributed by atoms with Gasteiger partial charge in [-0.3, -0.25) is 4.79 Å². The van der Waals surface area contributed by atoms with Gasteiger partial charge in [0.05, 0.1) is 30.2 Å². The Labute approximate surface area is 123 Å². The summed E-state index contributed by atoms with van der Waals surface area (Å²) < 4.78 is 0. The van der Waals surface area contributed by atoms with E-state index in [1.807, 2.05) is 13.8 Å². The third kappa shape index (κ3) is 3.24. The zero-order chi connectivity index (χ0) is 15.6. The van der Waals surface area contributed by atoms with Gasteiger partial charge in [0.25, 0.3) is 0 Å². The molecule has 7 heteroatoms. The normalized spacial score (nSPS) is 19.4. The van der Waals surface area contributed by atoms with E-state index in [-0.39, 0.29) is 31.3 Å². The van der Waals surface area contributed by atoms with Crippen molar-refractivity contribution in [1.29, 1.82) is 0 Å². The number of carboxylic acid groups (broad SMARTS) is 1. The van der Waals surface area contributed by atoms with Gasteiger partial charge in [-0.15, -0.1) is 0 Å². The van der Waals surface area contributed by atoms with E-state index in [1.54, 1.807) is 0 Å². The first-order chi connectivity index (χ1) is 9.93. The molecule has 0 fully saturated rings. The van der Waals surface area contributed by atoms with Crippen LogP contribution in [0.3, 0.4) is 0 Å². The van der Waals surface area contributed by atoms with Gasteiger partial charge in [0.15, 0.2) is 0 Å². The maximum atomic E-state index is 12.7. The number of aromatic amines is 1. The predicted molar refractivity (Wildman–Crippen MR) is 76.3 cm³/mol. The highest BCUT2D eigenvalue weighted by Gasteiger charge is 2.38. The van der Waals surface area contributed by atoms with Crippen molar-refractivity contribution in [3.8, 4) is 0 Å². The van der Waals surface area contributed by atoms with Gasteiger partial charge in [-0.05, 0) is 12.3 Å². The molecule has 1 aliphatic heterocycles. The number of amides is 1. The fourth-order valence-electron chi connectivity index (χ4n) is 2.79. The molecule has 0 bridgehead atoms. The standard InChI is InChI=1S/C14H22N4O3/c1-8(2)3-9(5-15)13(19)18-6-11-10(16-7-17-11)4-12(18)14(20)21/h7-9,12H,3-6,15H2,1-2H3,(H,16,17)(H,20,21). The average Bonchev–Trinajstić information content (AvgIpc) is 2.89. The number of hydrogen-bond acceptors (Lipinski definition) is 4. The molecule has 7 nitrogen and oxygen atoms in total. The van der Waals surface area contributed by atoms with E-state index in [0.717, 1.165) is 11.4 Å². The monoisotopic (exact) mass is 294 g/mol. The van der Waals surface area contributed by atoms with E-state index in [2.05, 4.69) is 9.97 Å². The highest BCUT2D eigenvalue weighted by molar-refractivity contribution is 5.86. The minimum atomic E-state index is -1.00. The Bertz CT molecular complexity index is 526. The second-order valence-electron chi connectivity index (χ2n) is 5.91. The van der Waals surface area contributed by atoms with Crippen LogP contribution < -0.4 is 5.73 Å². The summed E-state index contributed by atoms with van der Waals surface area (Å²) in [7, 11) is 0. The minimum Gasteiger partial charge on any atom is -0.480 e. The van der Waals surface area contributed by atoms with Gasteiger partial charge < -0.3 is 20.7 Å². The van der Waals surface area contributed by atoms with Crippen LogP contribution in [0.15, 0.2) is 6.33 Å². The summed E-state index contributed by atoms with van der Waals surface area (Å²) >= 11 is 0. The summed E-state index contributed by atoms with van der Waals surface area (Å²) in [6.07, 6.45) is 2.43.